The van der Waals surface area contributed by atoms with Gasteiger partial charge in [-0.2, -0.15) is 5.26 Å². The van der Waals surface area contributed by atoms with E-state index in [9.17, 15) is 18.5 Å². The summed E-state index contributed by atoms with van der Waals surface area (Å²) in [7, 11) is -4.05. The number of benzene rings is 1. The molecule has 5 N–H and O–H groups in total. The number of sulfonamides is 1. The van der Waals surface area contributed by atoms with Crippen molar-refractivity contribution in [2.45, 2.75) is 122 Å². The first-order valence-electron chi connectivity index (χ1n) is 13.9. The van der Waals surface area contributed by atoms with Gasteiger partial charge in [0.15, 0.2) is 0 Å². The summed E-state index contributed by atoms with van der Waals surface area (Å²) in [5.74, 6) is -0.462. The number of rotatable bonds is 7. The van der Waals surface area contributed by atoms with Gasteiger partial charge in [-0.05, 0) is 102 Å². The Labute approximate surface area is 239 Å². The predicted octanol–water partition coefficient (Wildman–Crippen LogP) is 3.15. The summed E-state index contributed by atoms with van der Waals surface area (Å²) in [6.07, 6.45) is 2.25. The molecule has 0 radical (unpaired) electrons. The summed E-state index contributed by atoms with van der Waals surface area (Å²) in [5, 5.41) is 9.22. The van der Waals surface area contributed by atoms with Gasteiger partial charge in [-0.1, -0.05) is 13.8 Å². The normalized spacial score (nSPS) is 22.4. The minimum Gasteiger partial charge on any atom is -0.369 e. The highest BCUT2D eigenvalue weighted by molar-refractivity contribution is 7.90. The summed E-state index contributed by atoms with van der Waals surface area (Å²) in [4.78, 5) is 18.5. The maximum Gasteiger partial charge on any atom is 0.264 e. The zero-order valence-electron chi connectivity index (χ0n) is 25.4. The molecule has 1 aromatic rings. The van der Waals surface area contributed by atoms with Crippen molar-refractivity contribution in [1.82, 2.24) is 9.62 Å². The molecule has 2 heterocycles. The topological polar surface area (TPSA) is 164 Å². The number of nitrogens with zero attached hydrogens (tertiary/aromatic N) is 3. The van der Waals surface area contributed by atoms with Gasteiger partial charge in [0, 0.05) is 18.5 Å². The van der Waals surface area contributed by atoms with Gasteiger partial charge in [-0.15, -0.1) is 0 Å². The quantitative estimate of drug-likeness (QED) is 0.256. The number of fused-ring (bicyclic) bond motifs is 1. The Kier molecular flexibility index (Phi) is 8.72. The fourth-order valence-corrected chi connectivity index (χ4v) is 7.92. The van der Waals surface area contributed by atoms with Crippen LogP contribution in [-0.4, -0.2) is 56.0 Å². The molecule has 2 unspecified atom stereocenters. The molecule has 2 aliphatic rings. The van der Waals surface area contributed by atoms with E-state index in [2.05, 4.69) is 29.6 Å². The zero-order valence-corrected chi connectivity index (χ0v) is 26.3. The smallest absolute Gasteiger partial charge is 0.264 e. The molecular formula is C29H46N6O4S. The predicted molar refractivity (Wildman–Crippen MR) is 156 cm³/mol. The molecule has 11 heteroatoms. The second-order valence-corrected chi connectivity index (χ2v) is 14.3. The summed E-state index contributed by atoms with van der Waals surface area (Å²) >= 11 is 0. The number of hydrogen-bond acceptors (Lipinski definition) is 7. The van der Waals surface area contributed by atoms with E-state index in [0.29, 0.717) is 36.9 Å². The molecule has 0 spiro atoms. The largest absolute Gasteiger partial charge is 0.369 e. The standard InChI is InChI=1S/C29H46N6O4S/c1-17-18(2)24(19(3)22-23(17)28(6,7)39-29(8,9)27(22,4)5)40(37,38)34-26(32)33-14-10-13-21(31)25(36)35-15-11-12-20(35)16-30/h20-21H,10-15,31H2,1-9H3,(H3,32,33,34). The summed E-state index contributed by atoms with van der Waals surface area (Å²) < 4.78 is 36.4. The maximum absolute atomic E-state index is 13.7. The van der Waals surface area contributed by atoms with Crippen LogP contribution in [0.1, 0.15) is 95.0 Å². The van der Waals surface area contributed by atoms with Crippen LogP contribution in [0.4, 0.5) is 0 Å². The van der Waals surface area contributed by atoms with Crippen molar-refractivity contribution in [2.75, 3.05) is 13.1 Å². The van der Waals surface area contributed by atoms with E-state index in [1.807, 2.05) is 48.5 Å². The van der Waals surface area contributed by atoms with Crippen molar-refractivity contribution < 1.29 is 17.9 Å². The Hall–Kier alpha value is -2.68. The lowest BCUT2D eigenvalue weighted by molar-refractivity contribution is -0.173. The van der Waals surface area contributed by atoms with E-state index in [-0.39, 0.29) is 23.3 Å². The van der Waals surface area contributed by atoms with Crippen molar-refractivity contribution in [3.8, 4) is 6.07 Å². The Morgan fingerprint density at radius 2 is 1.77 bits per heavy atom. The number of nitrogens with two attached hydrogens (primary N) is 2. The number of likely N-dealkylation sites (tertiary alicyclic amines) is 1. The van der Waals surface area contributed by atoms with Crippen LogP contribution in [0.3, 0.4) is 0 Å². The number of ether oxygens (including phenoxy) is 1. The second-order valence-electron chi connectivity index (χ2n) is 12.6. The van der Waals surface area contributed by atoms with Crippen molar-refractivity contribution in [3.63, 3.8) is 0 Å². The molecular weight excluding hydrogens is 528 g/mol. The third-order valence-electron chi connectivity index (χ3n) is 8.95. The molecule has 10 nitrogen and oxygen atoms in total. The monoisotopic (exact) mass is 574 g/mol. The van der Waals surface area contributed by atoms with Gasteiger partial charge in [0.1, 0.15) is 6.04 Å². The molecule has 40 heavy (non-hydrogen) atoms. The van der Waals surface area contributed by atoms with Crippen LogP contribution >= 0.6 is 0 Å². The lowest BCUT2D eigenvalue weighted by atomic mass is 9.63. The number of carbonyl (C=O) groups is 1. The van der Waals surface area contributed by atoms with Crippen LogP contribution in [0.15, 0.2) is 9.89 Å². The molecule has 1 fully saturated rings. The van der Waals surface area contributed by atoms with Crippen LogP contribution in [0, 0.1) is 32.1 Å². The van der Waals surface area contributed by atoms with Gasteiger partial charge in [-0.25, -0.2) is 13.1 Å². The highest BCUT2D eigenvalue weighted by atomic mass is 32.2. The number of hydrogen-bond donors (Lipinski definition) is 3. The van der Waals surface area contributed by atoms with Gasteiger partial charge in [0.05, 0.1) is 28.2 Å². The van der Waals surface area contributed by atoms with Crippen LogP contribution in [0.5, 0.6) is 0 Å². The lowest BCUT2D eigenvalue weighted by Gasteiger charge is -2.54. The molecule has 1 amide bonds. The van der Waals surface area contributed by atoms with E-state index in [4.69, 9.17) is 16.2 Å². The molecule has 2 aliphatic heterocycles. The van der Waals surface area contributed by atoms with Crippen LogP contribution in [0.2, 0.25) is 0 Å². The van der Waals surface area contributed by atoms with Gasteiger partial charge in [0.2, 0.25) is 11.9 Å². The number of aliphatic imine (C=N–C) groups is 1. The number of carbonyl (C=O) groups excluding carboxylic acids is 1. The van der Waals surface area contributed by atoms with Crippen molar-refractivity contribution in [3.05, 3.63) is 27.8 Å². The Balaban J connectivity index is 1.80. The molecule has 0 bridgehead atoms. The van der Waals surface area contributed by atoms with Crippen molar-refractivity contribution in [1.29, 1.82) is 5.26 Å². The van der Waals surface area contributed by atoms with Gasteiger partial charge >= 0.3 is 0 Å². The average molecular weight is 575 g/mol. The fraction of sp³-hybridized carbons (Fsp3) is 0.690. The summed E-state index contributed by atoms with van der Waals surface area (Å²) in [5.41, 5.74) is 14.7. The van der Waals surface area contributed by atoms with Crippen molar-refractivity contribution in [2.24, 2.45) is 16.5 Å². The minimum absolute atomic E-state index is 0.199. The molecule has 3 rings (SSSR count). The van der Waals surface area contributed by atoms with Gasteiger partial charge in [-0.3, -0.25) is 9.79 Å². The van der Waals surface area contributed by atoms with E-state index >= 15 is 0 Å². The van der Waals surface area contributed by atoms with Crippen molar-refractivity contribution >= 4 is 21.9 Å². The number of nitrogens with one attached hydrogen (secondary N) is 1. The van der Waals surface area contributed by atoms with E-state index in [0.717, 1.165) is 23.1 Å². The maximum atomic E-state index is 13.7. The third-order valence-corrected chi connectivity index (χ3v) is 10.6. The number of nitriles is 1. The Morgan fingerprint density at radius 1 is 1.15 bits per heavy atom. The second kappa shape index (κ2) is 11.0. The lowest BCUT2D eigenvalue weighted by Crippen LogP contribution is -2.55. The van der Waals surface area contributed by atoms with Crippen LogP contribution in [-0.2, 0) is 30.6 Å². The zero-order chi connectivity index (χ0) is 30.4. The van der Waals surface area contributed by atoms with E-state index in [1.165, 1.54) is 4.90 Å². The first kappa shape index (κ1) is 31.8. The minimum atomic E-state index is -4.05. The summed E-state index contributed by atoms with van der Waals surface area (Å²) in [6, 6.07) is 0.983. The average Bonchev–Trinajstić information content (AvgIpc) is 3.30. The fourth-order valence-electron chi connectivity index (χ4n) is 6.41. The van der Waals surface area contributed by atoms with Gasteiger partial charge < -0.3 is 21.1 Å². The first-order chi connectivity index (χ1) is 18.3. The molecule has 1 aromatic carbocycles. The first-order valence-corrected chi connectivity index (χ1v) is 15.4. The molecule has 222 valence electrons. The third kappa shape index (κ3) is 5.58. The molecule has 2 atom stereocenters. The highest BCUT2D eigenvalue weighted by Crippen LogP contribution is 2.53. The SMILES string of the molecule is Cc1c(C)c(S(=O)(=O)NC(N)=NCCCC(N)C(=O)N2CCCC2C#N)c(C)c2c1C(C)(C)OC(C)(C)C2(C)C. The number of amides is 1. The molecule has 1 saturated heterocycles. The van der Waals surface area contributed by atoms with Crippen LogP contribution < -0.4 is 16.2 Å². The Morgan fingerprint density at radius 3 is 2.38 bits per heavy atom. The molecule has 0 saturated carbocycles. The van der Waals surface area contributed by atoms with Crippen LogP contribution in [0.25, 0.3) is 0 Å². The van der Waals surface area contributed by atoms with Gasteiger partial charge in [0.25, 0.3) is 10.0 Å². The molecule has 0 aliphatic carbocycles. The van der Waals surface area contributed by atoms with E-state index < -0.39 is 38.7 Å². The molecule has 0 aromatic heterocycles. The van der Waals surface area contributed by atoms with E-state index in [1.54, 1.807) is 0 Å². The Bertz CT molecular complexity index is 1360. The highest BCUT2D eigenvalue weighted by Gasteiger charge is 2.52. The summed E-state index contributed by atoms with van der Waals surface area (Å²) in [6.45, 7) is 18.6. The number of guanidine groups is 1.